The predicted octanol–water partition coefficient (Wildman–Crippen LogP) is 3.18. The monoisotopic (exact) mass is 299 g/mol. The van der Waals surface area contributed by atoms with Crippen molar-refractivity contribution < 1.29 is 8.42 Å². The maximum atomic E-state index is 11.7. The smallest absolute Gasteiger partial charge is 0.178 e. The summed E-state index contributed by atoms with van der Waals surface area (Å²) in [4.78, 5) is 0.405. The van der Waals surface area contributed by atoms with E-state index in [0.717, 1.165) is 12.2 Å². The second kappa shape index (κ2) is 5.75. The van der Waals surface area contributed by atoms with E-state index in [1.165, 1.54) is 18.6 Å². The molecule has 5 heteroatoms. The number of hydrogen-bond donors (Lipinski definition) is 1. The van der Waals surface area contributed by atoms with Crippen LogP contribution < -0.4 is 5.32 Å². The van der Waals surface area contributed by atoms with Gasteiger partial charge in [0.15, 0.2) is 9.84 Å². The molecule has 1 aromatic rings. The molecule has 1 aliphatic heterocycles. The molecule has 1 heterocycles. The van der Waals surface area contributed by atoms with Crippen molar-refractivity contribution in [3.8, 4) is 0 Å². The molecule has 0 bridgehead atoms. The normalized spacial score (nSPS) is 23.5. The lowest BCUT2D eigenvalue weighted by atomic mass is 10.1. The van der Waals surface area contributed by atoms with Gasteiger partial charge in [0.05, 0.1) is 10.6 Å². The highest BCUT2D eigenvalue weighted by Crippen LogP contribution is 2.37. The maximum Gasteiger partial charge on any atom is 0.178 e. The third kappa shape index (κ3) is 3.66. The van der Waals surface area contributed by atoms with Crippen molar-refractivity contribution in [2.24, 2.45) is 0 Å². The van der Waals surface area contributed by atoms with Crippen LogP contribution in [0.2, 0.25) is 0 Å². The molecule has 1 saturated heterocycles. The van der Waals surface area contributed by atoms with Crippen LogP contribution in [-0.4, -0.2) is 31.2 Å². The van der Waals surface area contributed by atoms with Gasteiger partial charge in [-0.1, -0.05) is 6.92 Å². The summed E-state index contributed by atoms with van der Waals surface area (Å²) < 4.78 is 23.7. The third-order valence-electron chi connectivity index (χ3n) is 3.56. The second-order valence-electron chi connectivity index (χ2n) is 5.18. The van der Waals surface area contributed by atoms with Crippen molar-refractivity contribution in [3.05, 3.63) is 24.3 Å². The lowest BCUT2D eigenvalue weighted by molar-refractivity contribution is 0.597. The average molecular weight is 299 g/mol. The summed E-state index contributed by atoms with van der Waals surface area (Å²) >= 11 is 2.02. The molecule has 1 atom stereocenters. The number of rotatable bonds is 5. The van der Waals surface area contributed by atoms with Crippen molar-refractivity contribution in [2.75, 3.05) is 23.4 Å². The van der Waals surface area contributed by atoms with Crippen LogP contribution in [0.5, 0.6) is 0 Å². The highest BCUT2D eigenvalue weighted by atomic mass is 32.2. The van der Waals surface area contributed by atoms with Crippen LogP contribution in [0.25, 0.3) is 0 Å². The van der Waals surface area contributed by atoms with Crippen LogP contribution in [0, 0.1) is 0 Å². The van der Waals surface area contributed by atoms with Crippen LogP contribution >= 0.6 is 11.8 Å². The largest absolute Gasteiger partial charge is 0.384 e. The molecule has 1 fully saturated rings. The van der Waals surface area contributed by atoms with Gasteiger partial charge in [-0.2, -0.15) is 11.8 Å². The van der Waals surface area contributed by atoms with Crippen LogP contribution in [0.3, 0.4) is 0 Å². The fourth-order valence-corrected chi connectivity index (χ4v) is 4.34. The SMILES string of the molecule is CCS(=O)(=O)c1ccc(NCC2(C)CCCS2)cc1. The number of nitrogens with one attached hydrogen (secondary N) is 1. The molecule has 1 unspecified atom stereocenters. The minimum Gasteiger partial charge on any atom is -0.384 e. The lowest BCUT2D eigenvalue weighted by Gasteiger charge is -2.23. The first-order valence-corrected chi connectivity index (χ1v) is 9.30. The first-order valence-electron chi connectivity index (χ1n) is 6.66. The van der Waals surface area contributed by atoms with Gasteiger partial charge in [0.25, 0.3) is 0 Å². The van der Waals surface area contributed by atoms with E-state index in [1.807, 2.05) is 23.9 Å². The molecule has 19 heavy (non-hydrogen) atoms. The summed E-state index contributed by atoms with van der Waals surface area (Å²) in [6, 6.07) is 7.08. The van der Waals surface area contributed by atoms with Gasteiger partial charge in [-0.3, -0.25) is 0 Å². The minimum absolute atomic E-state index is 0.147. The molecule has 0 aliphatic carbocycles. The Balaban J connectivity index is 1.99. The Labute approximate surface area is 120 Å². The van der Waals surface area contributed by atoms with Gasteiger partial charge >= 0.3 is 0 Å². The van der Waals surface area contributed by atoms with Crippen molar-refractivity contribution in [3.63, 3.8) is 0 Å². The Bertz CT molecular complexity index is 517. The van der Waals surface area contributed by atoms with E-state index in [-0.39, 0.29) is 5.75 Å². The molecule has 0 radical (unpaired) electrons. The Kier molecular flexibility index (Phi) is 4.46. The Morgan fingerprint density at radius 2 is 2.00 bits per heavy atom. The van der Waals surface area contributed by atoms with Crippen molar-refractivity contribution >= 4 is 27.3 Å². The summed E-state index contributed by atoms with van der Waals surface area (Å²) in [5.74, 6) is 1.39. The molecular weight excluding hydrogens is 278 g/mol. The summed E-state index contributed by atoms with van der Waals surface area (Å²) in [5.41, 5.74) is 0.990. The Morgan fingerprint density at radius 1 is 1.32 bits per heavy atom. The van der Waals surface area contributed by atoms with Crippen molar-refractivity contribution in [1.82, 2.24) is 0 Å². The van der Waals surface area contributed by atoms with Crippen LogP contribution in [0.1, 0.15) is 26.7 Å². The number of sulfone groups is 1. The number of benzene rings is 1. The van der Waals surface area contributed by atoms with E-state index >= 15 is 0 Å². The molecule has 0 saturated carbocycles. The fourth-order valence-electron chi connectivity index (χ4n) is 2.21. The van der Waals surface area contributed by atoms with E-state index in [0.29, 0.717) is 9.64 Å². The molecule has 1 aliphatic rings. The van der Waals surface area contributed by atoms with E-state index in [9.17, 15) is 8.42 Å². The van der Waals surface area contributed by atoms with Gasteiger partial charge in [0, 0.05) is 17.0 Å². The van der Waals surface area contributed by atoms with Crippen molar-refractivity contribution in [1.29, 1.82) is 0 Å². The van der Waals surface area contributed by atoms with Gasteiger partial charge in [0.2, 0.25) is 0 Å². The number of hydrogen-bond acceptors (Lipinski definition) is 4. The molecule has 2 rings (SSSR count). The zero-order valence-corrected chi connectivity index (χ0v) is 13.1. The maximum absolute atomic E-state index is 11.7. The number of anilines is 1. The van der Waals surface area contributed by atoms with E-state index in [1.54, 1.807) is 19.1 Å². The fraction of sp³-hybridized carbons (Fsp3) is 0.571. The molecule has 1 aromatic carbocycles. The molecule has 0 amide bonds. The predicted molar refractivity (Wildman–Crippen MR) is 82.8 cm³/mol. The third-order valence-corrected chi connectivity index (χ3v) is 6.85. The summed E-state index contributed by atoms with van der Waals surface area (Å²) in [6.07, 6.45) is 2.53. The van der Waals surface area contributed by atoms with E-state index < -0.39 is 9.84 Å². The molecule has 1 N–H and O–H groups in total. The molecular formula is C14H21NO2S2. The van der Waals surface area contributed by atoms with Gasteiger partial charge < -0.3 is 5.32 Å². The summed E-state index contributed by atoms with van der Waals surface area (Å²) in [5, 5.41) is 3.41. The number of thioether (sulfide) groups is 1. The van der Waals surface area contributed by atoms with E-state index in [2.05, 4.69) is 12.2 Å². The lowest BCUT2D eigenvalue weighted by Crippen LogP contribution is -2.27. The summed E-state index contributed by atoms with van der Waals surface area (Å²) in [7, 11) is -3.09. The average Bonchev–Trinajstić information content (AvgIpc) is 2.84. The van der Waals surface area contributed by atoms with Crippen LogP contribution in [0.4, 0.5) is 5.69 Å². The molecule has 0 aromatic heterocycles. The summed E-state index contributed by atoms with van der Waals surface area (Å²) in [6.45, 7) is 4.88. The first-order chi connectivity index (χ1) is 8.95. The molecule has 3 nitrogen and oxygen atoms in total. The van der Waals surface area contributed by atoms with Gasteiger partial charge in [-0.25, -0.2) is 8.42 Å². The Morgan fingerprint density at radius 3 is 2.53 bits per heavy atom. The topological polar surface area (TPSA) is 46.2 Å². The zero-order valence-electron chi connectivity index (χ0n) is 11.5. The van der Waals surface area contributed by atoms with Crippen LogP contribution in [-0.2, 0) is 9.84 Å². The van der Waals surface area contributed by atoms with E-state index in [4.69, 9.17) is 0 Å². The zero-order chi connectivity index (χ0) is 13.9. The quantitative estimate of drug-likeness (QED) is 0.907. The standard InChI is InChI=1S/C14H21NO2S2/c1-3-19(16,17)13-7-5-12(6-8-13)15-11-14(2)9-4-10-18-14/h5-8,15H,3-4,9-11H2,1-2H3. The first kappa shape index (κ1) is 14.7. The highest BCUT2D eigenvalue weighted by Gasteiger charge is 2.28. The van der Waals surface area contributed by atoms with Gasteiger partial charge in [0.1, 0.15) is 0 Å². The van der Waals surface area contributed by atoms with Gasteiger partial charge in [-0.15, -0.1) is 0 Å². The Hall–Kier alpha value is -0.680. The molecule has 0 spiro atoms. The molecule has 106 valence electrons. The van der Waals surface area contributed by atoms with Crippen molar-refractivity contribution in [2.45, 2.75) is 36.3 Å². The van der Waals surface area contributed by atoms with Crippen LogP contribution in [0.15, 0.2) is 29.2 Å². The van der Waals surface area contributed by atoms with Gasteiger partial charge in [-0.05, 0) is 49.8 Å². The second-order valence-corrected chi connectivity index (χ2v) is 9.14. The highest BCUT2D eigenvalue weighted by molar-refractivity contribution is 8.00. The minimum atomic E-state index is -3.09.